The molecule has 0 aliphatic rings. The summed E-state index contributed by atoms with van der Waals surface area (Å²) in [6.45, 7) is 0. The van der Waals surface area contributed by atoms with Crippen LogP contribution in [0.4, 0.5) is 5.69 Å². The maximum atomic E-state index is 12.1. The molecule has 2 amide bonds. The van der Waals surface area contributed by atoms with Crippen molar-refractivity contribution in [3.8, 4) is 6.07 Å². The van der Waals surface area contributed by atoms with Crippen LogP contribution in [0.3, 0.4) is 0 Å². The number of nitriles is 1. The number of primary amides is 1. The van der Waals surface area contributed by atoms with Gasteiger partial charge < -0.3 is 11.1 Å². The average molecular weight is 339 g/mol. The van der Waals surface area contributed by atoms with Gasteiger partial charge in [-0.25, -0.2) is 0 Å². The molecule has 0 atom stereocenters. The van der Waals surface area contributed by atoms with E-state index < -0.39 is 5.91 Å². The van der Waals surface area contributed by atoms with Crippen molar-refractivity contribution in [3.05, 3.63) is 59.7 Å². The molecule has 0 bridgehead atoms. The molecule has 3 N–H and O–H groups in total. The lowest BCUT2D eigenvalue weighted by atomic mass is 10.1. The molecule has 122 valence electrons. The first kappa shape index (κ1) is 17.6. The van der Waals surface area contributed by atoms with Gasteiger partial charge in [0.05, 0.1) is 23.1 Å². The summed E-state index contributed by atoms with van der Waals surface area (Å²) in [5.41, 5.74) is 7.43. The van der Waals surface area contributed by atoms with E-state index in [0.717, 1.165) is 10.5 Å². The number of nitrogens with two attached hydrogens (primary N) is 1. The van der Waals surface area contributed by atoms with Crippen LogP contribution in [0.15, 0.2) is 53.4 Å². The minimum Gasteiger partial charge on any atom is -0.369 e. The third-order valence-electron chi connectivity index (χ3n) is 3.25. The minimum absolute atomic E-state index is 0.105. The largest absolute Gasteiger partial charge is 0.369 e. The molecule has 2 rings (SSSR count). The highest BCUT2D eigenvalue weighted by atomic mass is 32.2. The van der Waals surface area contributed by atoms with Gasteiger partial charge in [0, 0.05) is 11.3 Å². The van der Waals surface area contributed by atoms with E-state index in [2.05, 4.69) is 11.4 Å². The number of nitrogens with one attached hydrogen (secondary N) is 1. The highest BCUT2D eigenvalue weighted by molar-refractivity contribution is 8.00. The number of amides is 2. The number of hydrogen-bond acceptors (Lipinski definition) is 4. The summed E-state index contributed by atoms with van der Waals surface area (Å²) in [6.07, 6.45) is 0.925. The summed E-state index contributed by atoms with van der Waals surface area (Å²) in [5, 5.41) is 11.6. The molecule has 0 fully saturated rings. The number of aryl methyl sites for hydroxylation is 1. The summed E-state index contributed by atoms with van der Waals surface area (Å²) < 4.78 is 0. The van der Waals surface area contributed by atoms with Gasteiger partial charge in [0.15, 0.2) is 0 Å². The number of benzene rings is 2. The second kappa shape index (κ2) is 8.75. The van der Waals surface area contributed by atoms with Gasteiger partial charge in [0.2, 0.25) is 11.8 Å². The Bertz CT molecular complexity index is 767. The van der Waals surface area contributed by atoms with E-state index in [0.29, 0.717) is 24.1 Å². The first-order valence-electron chi connectivity index (χ1n) is 7.37. The van der Waals surface area contributed by atoms with E-state index in [1.165, 1.54) is 11.8 Å². The van der Waals surface area contributed by atoms with Gasteiger partial charge in [0.1, 0.15) is 0 Å². The van der Waals surface area contributed by atoms with E-state index in [1.807, 2.05) is 30.3 Å². The standard InChI is InChI=1S/C18H17N3O2S/c19-11-14-7-5-13(6-8-14)9-10-18(23)21-15-3-1-2-4-16(15)24-12-17(20)22/h1-8H,9-10,12H2,(H2,20,22)(H,21,23). The Morgan fingerprint density at radius 3 is 2.50 bits per heavy atom. The summed E-state index contributed by atoms with van der Waals surface area (Å²) in [7, 11) is 0. The normalized spacial score (nSPS) is 9.96. The Morgan fingerprint density at radius 2 is 1.83 bits per heavy atom. The molecular weight excluding hydrogens is 322 g/mol. The molecule has 0 saturated heterocycles. The molecular formula is C18H17N3O2S. The smallest absolute Gasteiger partial charge is 0.227 e. The zero-order valence-corrected chi connectivity index (χ0v) is 13.8. The fourth-order valence-electron chi connectivity index (χ4n) is 2.06. The van der Waals surface area contributed by atoms with E-state index in [-0.39, 0.29) is 11.7 Å². The molecule has 2 aromatic carbocycles. The first-order chi connectivity index (χ1) is 11.6. The van der Waals surface area contributed by atoms with Crippen LogP contribution in [-0.2, 0) is 16.0 Å². The van der Waals surface area contributed by atoms with Gasteiger partial charge in [-0.3, -0.25) is 9.59 Å². The van der Waals surface area contributed by atoms with E-state index >= 15 is 0 Å². The minimum atomic E-state index is -0.401. The van der Waals surface area contributed by atoms with Crippen LogP contribution in [0.25, 0.3) is 0 Å². The number of carbonyl (C=O) groups is 2. The van der Waals surface area contributed by atoms with Crippen LogP contribution in [0.2, 0.25) is 0 Å². The SMILES string of the molecule is N#Cc1ccc(CCC(=O)Nc2ccccc2SCC(N)=O)cc1. The van der Waals surface area contributed by atoms with Crippen molar-refractivity contribution in [2.24, 2.45) is 5.73 Å². The Labute approximate surface area is 144 Å². The number of rotatable bonds is 7. The maximum Gasteiger partial charge on any atom is 0.227 e. The molecule has 0 heterocycles. The summed E-state index contributed by atoms with van der Waals surface area (Å²) in [4.78, 5) is 23.8. The van der Waals surface area contributed by atoms with Crippen molar-refractivity contribution >= 4 is 29.3 Å². The fraction of sp³-hybridized carbons (Fsp3) is 0.167. The molecule has 0 unspecified atom stereocenters. The van der Waals surface area contributed by atoms with Crippen molar-refractivity contribution in [2.45, 2.75) is 17.7 Å². The second-order valence-electron chi connectivity index (χ2n) is 5.11. The van der Waals surface area contributed by atoms with Gasteiger partial charge in [-0.05, 0) is 36.2 Å². The van der Waals surface area contributed by atoms with E-state index in [1.54, 1.807) is 18.2 Å². The third-order valence-corrected chi connectivity index (χ3v) is 4.35. The lowest BCUT2D eigenvalue weighted by molar-refractivity contribution is -0.116. The highest BCUT2D eigenvalue weighted by Crippen LogP contribution is 2.26. The second-order valence-corrected chi connectivity index (χ2v) is 6.13. The molecule has 6 heteroatoms. The van der Waals surface area contributed by atoms with Gasteiger partial charge in [0.25, 0.3) is 0 Å². The van der Waals surface area contributed by atoms with Gasteiger partial charge >= 0.3 is 0 Å². The predicted octanol–water partition coefficient (Wildman–Crippen LogP) is 2.71. The van der Waals surface area contributed by atoms with Crippen molar-refractivity contribution in [3.63, 3.8) is 0 Å². The Kier molecular flexibility index (Phi) is 6.41. The van der Waals surface area contributed by atoms with Gasteiger partial charge in [-0.2, -0.15) is 5.26 Å². The van der Waals surface area contributed by atoms with Crippen LogP contribution in [0, 0.1) is 11.3 Å². The molecule has 0 saturated carbocycles. The summed E-state index contributed by atoms with van der Waals surface area (Å²) in [5.74, 6) is -0.341. The number of nitrogens with zero attached hydrogens (tertiary/aromatic N) is 1. The number of hydrogen-bond donors (Lipinski definition) is 2. The maximum absolute atomic E-state index is 12.1. The zero-order valence-electron chi connectivity index (χ0n) is 13.0. The molecule has 5 nitrogen and oxygen atoms in total. The Morgan fingerprint density at radius 1 is 1.12 bits per heavy atom. The fourth-order valence-corrected chi connectivity index (χ4v) is 2.81. The molecule has 0 spiro atoms. The van der Waals surface area contributed by atoms with Crippen LogP contribution in [0.5, 0.6) is 0 Å². The topological polar surface area (TPSA) is 96.0 Å². The van der Waals surface area contributed by atoms with Crippen molar-refractivity contribution in [2.75, 3.05) is 11.1 Å². The van der Waals surface area contributed by atoms with Crippen LogP contribution in [-0.4, -0.2) is 17.6 Å². The van der Waals surface area contributed by atoms with E-state index in [4.69, 9.17) is 11.0 Å². The lowest BCUT2D eigenvalue weighted by Gasteiger charge is -2.10. The predicted molar refractivity (Wildman–Crippen MR) is 94.5 cm³/mol. The van der Waals surface area contributed by atoms with Crippen molar-refractivity contribution < 1.29 is 9.59 Å². The van der Waals surface area contributed by atoms with Crippen molar-refractivity contribution in [1.29, 1.82) is 5.26 Å². The molecule has 0 radical (unpaired) electrons. The van der Waals surface area contributed by atoms with Crippen molar-refractivity contribution in [1.82, 2.24) is 0 Å². The number of thioether (sulfide) groups is 1. The van der Waals surface area contributed by atoms with Crippen LogP contribution in [0.1, 0.15) is 17.5 Å². The number of para-hydroxylation sites is 1. The Hall–Kier alpha value is -2.78. The van der Waals surface area contributed by atoms with Gasteiger partial charge in [-0.15, -0.1) is 11.8 Å². The van der Waals surface area contributed by atoms with Crippen LogP contribution >= 0.6 is 11.8 Å². The molecule has 0 aliphatic heterocycles. The first-order valence-corrected chi connectivity index (χ1v) is 8.36. The monoisotopic (exact) mass is 339 g/mol. The number of anilines is 1. The molecule has 0 aromatic heterocycles. The number of carbonyl (C=O) groups excluding carboxylic acids is 2. The molecule has 0 aliphatic carbocycles. The Balaban J connectivity index is 1.92. The lowest BCUT2D eigenvalue weighted by Crippen LogP contribution is -2.15. The van der Waals surface area contributed by atoms with E-state index in [9.17, 15) is 9.59 Å². The average Bonchev–Trinajstić information content (AvgIpc) is 2.59. The quantitative estimate of drug-likeness (QED) is 0.758. The zero-order chi connectivity index (χ0) is 17.4. The van der Waals surface area contributed by atoms with Gasteiger partial charge in [-0.1, -0.05) is 24.3 Å². The van der Waals surface area contributed by atoms with Crippen LogP contribution < -0.4 is 11.1 Å². The highest BCUT2D eigenvalue weighted by Gasteiger charge is 2.08. The summed E-state index contributed by atoms with van der Waals surface area (Å²) in [6, 6.07) is 16.5. The molecule has 24 heavy (non-hydrogen) atoms. The third kappa shape index (κ3) is 5.45. The molecule has 2 aromatic rings. The summed E-state index contributed by atoms with van der Waals surface area (Å²) >= 11 is 1.30.